The molecule has 0 aliphatic heterocycles. The first-order valence-electron chi connectivity index (χ1n) is 6.17. The number of ether oxygens (including phenoxy) is 1. The molecule has 0 bridgehead atoms. The van der Waals surface area contributed by atoms with E-state index in [0.717, 1.165) is 5.56 Å². The Kier molecular flexibility index (Phi) is 4.69. The zero-order valence-electron chi connectivity index (χ0n) is 10.8. The average molecular weight is 263 g/mol. The highest BCUT2D eigenvalue weighted by atomic mass is 16.5. The molecule has 0 atom stereocenters. The third kappa shape index (κ3) is 3.82. The predicted octanol–water partition coefficient (Wildman–Crippen LogP) is 3.31. The van der Waals surface area contributed by atoms with Gasteiger partial charge in [-0.15, -0.1) is 0 Å². The van der Waals surface area contributed by atoms with Gasteiger partial charge in [-0.05, 0) is 17.7 Å². The van der Waals surface area contributed by atoms with E-state index in [-0.39, 0.29) is 6.61 Å². The van der Waals surface area contributed by atoms with Crippen molar-refractivity contribution < 1.29 is 9.53 Å². The van der Waals surface area contributed by atoms with Crippen molar-refractivity contribution >= 4 is 12.0 Å². The minimum atomic E-state index is -0.429. The standard InChI is InChI=1S/C17H13NO2/c18-12-15-8-4-5-9-16(15)13-20-17(19)11-10-14-6-2-1-3-7-14/h1-11H,13H2/b11-10+. The van der Waals surface area contributed by atoms with Crippen molar-refractivity contribution in [1.29, 1.82) is 5.26 Å². The number of carbonyl (C=O) groups excluding carboxylic acids is 1. The Bertz CT molecular complexity index is 654. The van der Waals surface area contributed by atoms with Gasteiger partial charge in [-0.3, -0.25) is 0 Å². The third-order valence-corrected chi connectivity index (χ3v) is 2.72. The number of rotatable bonds is 4. The smallest absolute Gasteiger partial charge is 0.331 e. The molecule has 0 radical (unpaired) electrons. The van der Waals surface area contributed by atoms with Gasteiger partial charge in [0, 0.05) is 11.6 Å². The summed E-state index contributed by atoms with van der Waals surface area (Å²) in [4.78, 5) is 11.6. The molecule has 2 rings (SSSR count). The van der Waals surface area contributed by atoms with Crippen LogP contribution in [0.1, 0.15) is 16.7 Å². The number of hydrogen-bond acceptors (Lipinski definition) is 3. The molecule has 2 aromatic rings. The van der Waals surface area contributed by atoms with Crippen LogP contribution in [0, 0.1) is 11.3 Å². The summed E-state index contributed by atoms with van der Waals surface area (Å²) < 4.78 is 5.12. The van der Waals surface area contributed by atoms with Crippen molar-refractivity contribution in [3.8, 4) is 6.07 Å². The fraction of sp³-hybridized carbons (Fsp3) is 0.0588. The molecule has 0 amide bonds. The summed E-state index contributed by atoms with van der Waals surface area (Å²) in [5.74, 6) is -0.429. The number of carbonyl (C=O) groups is 1. The van der Waals surface area contributed by atoms with Crippen molar-refractivity contribution in [3.05, 3.63) is 77.4 Å². The minimum absolute atomic E-state index is 0.0989. The maximum absolute atomic E-state index is 11.6. The van der Waals surface area contributed by atoms with Crippen LogP contribution in [0.5, 0.6) is 0 Å². The van der Waals surface area contributed by atoms with Gasteiger partial charge in [0.05, 0.1) is 11.6 Å². The predicted molar refractivity (Wildman–Crippen MR) is 76.4 cm³/mol. The van der Waals surface area contributed by atoms with Crippen LogP contribution in [-0.2, 0) is 16.1 Å². The molecule has 0 unspecified atom stereocenters. The highest BCUT2D eigenvalue weighted by Gasteiger charge is 2.03. The van der Waals surface area contributed by atoms with E-state index in [1.807, 2.05) is 36.4 Å². The monoisotopic (exact) mass is 263 g/mol. The highest BCUT2D eigenvalue weighted by Crippen LogP contribution is 2.09. The molecule has 0 spiro atoms. The van der Waals surface area contributed by atoms with Crippen LogP contribution in [-0.4, -0.2) is 5.97 Å². The second-order valence-electron chi connectivity index (χ2n) is 4.12. The molecule has 0 saturated heterocycles. The second-order valence-corrected chi connectivity index (χ2v) is 4.12. The van der Waals surface area contributed by atoms with Crippen molar-refractivity contribution in [3.63, 3.8) is 0 Å². The van der Waals surface area contributed by atoms with E-state index in [1.165, 1.54) is 6.08 Å². The lowest BCUT2D eigenvalue weighted by molar-refractivity contribution is -0.138. The van der Waals surface area contributed by atoms with Gasteiger partial charge in [0.25, 0.3) is 0 Å². The Balaban J connectivity index is 1.93. The van der Waals surface area contributed by atoms with Crippen molar-refractivity contribution in [2.45, 2.75) is 6.61 Å². The molecule has 0 saturated carbocycles. The van der Waals surface area contributed by atoms with Gasteiger partial charge in [-0.25, -0.2) is 4.79 Å². The number of hydrogen-bond donors (Lipinski definition) is 0. The van der Waals surface area contributed by atoms with Gasteiger partial charge in [0.2, 0.25) is 0 Å². The van der Waals surface area contributed by atoms with E-state index in [1.54, 1.807) is 24.3 Å². The SMILES string of the molecule is N#Cc1ccccc1COC(=O)/C=C/c1ccccc1. The third-order valence-electron chi connectivity index (χ3n) is 2.72. The van der Waals surface area contributed by atoms with Crippen LogP contribution in [0.2, 0.25) is 0 Å². The van der Waals surface area contributed by atoms with E-state index >= 15 is 0 Å². The fourth-order valence-electron chi connectivity index (χ4n) is 1.68. The Hall–Kier alpha value is -2.86. The first kappa shape index (κ1) is 13.6. The van der Waals surface area contributed by atoms with Crippen molar-refractivity contribution in [2.75, 3.05) is 0 Å². The van der Waals surface area contributed by atoms with E-state index in [4.69, 9.17) is 10.00 Å². The van der Waals surface area contributed by atoms with Crippen LogP contribution < -0.4 is 0 Å². The summed E-state index contributed by atoms with van der Waals surface area (Å²) in [5.41, 5.74) is 2.16. The topological polar surface area (TPSA) is 50.1 Å². The Labute approximate surface area is 117 Å². The molecular formula is C17H13NO2. The largest absolute Gasteiger partial charge is 0.458 e. The van der Waals surface area contributed by atoms with Gasteiger partial charge in [-0.1, -0.05) is 48.5 Å². The van der Waals surface area contributed by atoms with E-state index in [0.29, 0.717) is 11.1 Å². The van der Waals surface area contributed by atoms with Crippen molar-refractivity contribution in [1.82, 2.24) is 0 Å². The Morgan fingerprint density at radius 3 is 2.55 bits per heavy atom. The van der Waals surface area contributed by atoms with E-state index in [2.05, 4.69) is 6.07 Å². The number of nitrogens with zero attached hydrogens (tertiary/aromatic N) is 1. The molecule has 3 heteroatoms. The quantitative estimate of drug-likeness (QED) is 0.628. The first-order chi connectivity index (χ1) is 9.79. The number of nitriles is 1. The van der Waals surface area contributed by atoms with E-state index < -0.39 is 5.97 Å². The highest BCUT2D eigenvalue weighted by molar-refractivity contribution is 5.87. The van der Waals surface area contributed by atoms with E-state index in [9.17, 15) is 4.79 Å². The molecule has 2 aromatic carbocycles. The van der Waals surface area contributed by atoms with Crippen molar-refractivity contribution in [2.24, 2.45) is 0 Å². The van der Waals surface area contributed by atoms with Crippen LogP contribution in [0.25, 0.3) is 6.08 Å². The Morgan fingerprint density at radius 2 is 1.80 bits per heavy atom. The summed E-state index contributed by atoms with van der Waals surface area (Å²) in [7, 11) is 0. The van der Waals surface area contributed by atoms with Gasteiger partial charge < -0.3 is 4.74 Å². The summed E-state index contributed by atoms with van der Waals surface area (Å²) in [6.45, 7) is 0.0989. The lowest BCUT2D eigenvalue weighted by Gasteiger charge is -2.03. The fourth-order valence-corrected chi connectivity index (χ4v) is 1.68. The lowest BCUT2D eigenvalue weighted by atomic mass is 10.1. The summed E-state index contributed by atoms with van der Waals surface area (Å²) in [6.07, 6.45) is 3.07. The molecule has 0 N–H and O–H groups in total. The molecule has 0 heterocycles. The number of benzene rings is 2. The van der Waals surface area contributed by atoms with Crippen LogP contribution in [0.3, 0.4) is 0 Å². The van der Waals surface area contributed by atoms with Crippen LogP contribution >= 0.6 is 0 Å². The molecule has 98 valence electrons. The maximum atomic E-state index is 11.6. The summed E-state index contributed by atoms with van der Waals surface area (Å²) in [5, 5.41) is 8.93. The van der Waals surface area contributed by atoms with Gasteiger partial charge in [0.15, 0.2) is 0 Å². The van der Waals surface area contributed by atoms with Gasteiger partial charge in [0.1, 0.15) is 6.61 Å². The molecule has 0 fully saturated rings. The molecule has 0 aliphatic rings. The molecule has 0 aromatic heterocycles. The van der Waals surface area contributed by atoms with Gasteiger partial charge in [-0.2, -0.15) is 5.26 Å². The number of esters is 1. The summed E-state index contributed by atoms with van der Waals surface area (Å²) >= 11 is 0. The minimum Gasteiger partial charge on any atom is -0.458 e. The zero-order chi connectivity index (χ0) is 14.2. The molecule has 0 aliphatic carbocycles. The first-order valence-corrected chi connectivity index (χ1v) is 6.17. The molecule has 3 nitrogen and oxygen atoms in total. The summed E-state index contributed by atoms with van der Waals surface area (Å²) in [6, 6.07) is 18.6. The molecular weight excluding hydrogens is 250 g/mol. The molecule has 20 heavy (non-hydrogen) atoms. The van der Waals surface area contributed by atoms with Gasteiger partial charge >= 0.3 is 5.97 Å². The average Bonchev–Trinajstić information content (AvgIpc) is 2.52. The second kappa shape index (κ2) is 6.91. The maximum Gasteiger partial charge on any atom is 0.331 e. The zero-order valence-corrected chi connectivity index (χ0v) is 10.8. The normalized spacial score (nSPS) is 10.2. The van der Waals surface area contributed by atoms with Crippen LogP contribution in [0.4, 0.5) is 0 Å². The Morgan fingerprint density at radius 1 is 1.10 bits per heavy atom. The van der Waals surface area contributed by atoms with Crippen LogP contribution in [0.15, 0.2) is 60.7 Å². The lowest BCUT2D eigenvalue weighted by Crippen LogP contribution is -2.02.